The van der Waals surface area contributed by atoms with Gasteiger partial charge in [0.05, 0.1) is 17.5 Å². The maximum Gasteiger partial charge on any atom is 0.254 e. The van der Waals surface area contributed by atoms with Gasteiger partial charge in [-0.05, 0) is 37.4 Å². The normalized spacial score (nSPS) is 19.2. The van der Waals surface area contributed by atoms with Crippen molar-refractivity contribution in [1.82, 2.24) is 20.0 Å². The molecule has 1 amide bonds. The zero-order valence-electron chi connectivity index (χ0n) is 12.9. The highest BCUT2D eigenvalue weighted by atomic mass is 16.3. The molecule has 2 aromatic rings. The van der Waals surface area contributed by atoms with Crippen molar-refractivity contribution in [3.63, 3.8) is 0 Å². The van der Waals surface area contributed by atoms with Gasteiger partial charge in [0.1, 0.15) is 6.26 Å². The Labute approximate surface area is 130 Å². The molecule has 1 unspecified atom stereocenters. The molecule has 0 aromatic carbocycles. The van der Waals surface area contributed by atoms with Crippen LogP contribution in [0.5, 0.6) is 0 Å². The van der Waals surface area contributed by atoms with E-state index in [0.29, 0.717) is 18.0 Å². The highest BCUT2D eigenvalue weighted by Crippen LogP contribution is 2.18. The number of rotatable bonds is 5. The van der Waals surface area contributed by atoms with E-state index in [1.807, 2.05) is 17.9 Å². The first kappa shape index (κ1) is 14.8. The van der Waals surface area contributed by atoms with Crippen LogP contribution in [0.15, 0.2) is 35.3 Å². The van der Waals surface area contributed by atoms with Gasteiger partial charge in [0.25, 0.3) is 5.91 Å². The molecule has 1 atom stereocenters. The molecule has 3 heterocycles. The molecule has 0 aliphatic carbocycles. The fourth-order valence-corrected chi connectivity index (χ4v) is 2.98. The highest BCUT2D eigenvalue weighted by molar-refractivity contribution is 5.93. The van der Waals surface area contributed by atoms with Crippen molar-refractivity contribution >= 4 is 5.91 Å². The molecular weight excluding hydrogens is 280 g/mol. The van der Waals surface area contributed by atoms with Gasteiger partial charge in [-0.15, -0.1) is 0 Å². The molecule has 0 spiro atoms. The molecular formula is C16H22N4O2. The Morgan fingerprint density at radius 1 is 1.50 bits per heavy atom. The van der Waals surface area contributed by atoms with Crippen LogP contribution in [0.1, 0.15) is 28.9 Å². The van der Waals surface area contributed by atoms with E-state index in [2.05, 4.69) is 21.4 Å². The van der Waals surface area contributed by atoms with Gasteiger partial charge in [-0.25, -0.2) is 0 Å². The fraction of sp³-hybridized carbons (Fsp3) is 0.500. The third-order valence-corrected chi connectivity index (χ3v) is 4.25. The molecule has 118 valence electrons. The summed E-state index contributed by atoms with van der Waals surface area (Å²) in [6, 6.07) is 3.75. The summed E-state index contributed by atoms with van der Waals surface area (Å²) in [5.41, 5.74) is 1.81. The Bertz CT molecular complexity index is 605. The Balaban J connectivity index is 1.48. The van der Waals surface area contributed by atoms with Crippen molar-refractivity contribution in [3.05, 3.63) is 42.1 Å². The lowest BCUT2D eigenvalue weighted by Gasteiger charge is -2.32. The van der Waals surface area contributed by atoms with Crippen LogP contribution in [0.2, 0.25) is 0 Å². The summed E-state index contributed by atoms with van der Waals surface area (Å²) < 4.78 is 6.86. The summed E-state index contributed by atoms with van der Waals surface area (Å²) in [7, 11) is 1.97. The first-order valence-corrected chi connectivity index (χ1v) is 7.72. The molecule has 1 aliphatic heterocycles. The van der Waals surface area contributed by atoms with Gasteiger partial charge in [-0.2, -0.15) is 5.10 Å². The number of aromatic nitrogens is 2. The van der Waals surface area contributed by atoms with Crippen molar-refractivity contribution in [2.45, 2.75) is 19.4 Å². The largest absolute Gasteiger partial charge is 0.472 e. The second-order valence-corrected chi connectivity index (χ2v) is 5.91. The molecule has 6 nitrogen and oxygen atoms in total. The molecule has 0 radical (unpaired) electrons. The summed E-state index contributed by atoms with van der Waals surface area (Å²) in [6.07, 6.45) is 7.16. The molecule has 1 saturated heterocycles. The third-order valence-electron chi connectivity index (χ3n) is 4.25. The standard InChI is InChI=1S/C16H22N4O2/c1-19-15(4-6-18-19)11-20-7-2-3-13(10-20)9-17-16(21)14-5-8-22-12-14/h4-6,8,12-13H,2-3,7,9-11H2,1H3,(H,17,21). The molecule has 1 fully saturated rings. The van der Waals surface area contributed by atoms with Gasteiger partial charge in [-0.3, -0.25) is 14.4 Å². The lowest BCUT2D eigenvalue weighted by Crippen LogP contribution is -2.40. The third kappa shape index (κ3) is 3.57. The number of carbonyl (C=O) groups is 1. The number of amides is 1. The van der Waals surface area contributed by atoms with E-state index in [4.69, 9.17) is 4.42 Å². The van der Waals surface area contributed by atoms with Crippen molar-refractivity contribution in [2.75, 3.05) is 19.6 Å². The Morgan fingerprint density at radius 2 is 2.41 bits per heavy atom. The summed E-state index contributed by atoms with van der Waals surface area (Å²) in [5.74, 6) is 0.440. The minimum Gasteiger partial charge on any atom is -0.472 e. The van der Waals surface area contributed by atoms with Gasteiger partial charge in [0, 0.05) is 32.9 Å². The van der Waals surface area contributed by atoms with E-state index < -0.39 is 0 Å². The SMILES string of the molecule is Cn1nccc1CN1CCCC(CNC(=O)c2ccoc2)C1. The number of nitrogens with zero attached hydrogens (tertiary/aromatic N) is 3. The van der Waals surface area contributed by atoms with E-state index in [1.54, 1.807) is 6.07 Å². The minimum absolute atomic E-state index is 0.0579. The zero-order valence-corrected chi connectivity index (χ0v) is 12.9. The van der Waals surface area contributed by atoms with E-state index >= 15 is 0 Å². The van der Waals surface area contributed by atoms with Crippen molar-refractivity contribution in [2.24, 2.45) is 13.0 Å². The van der Waals surface area contributed by atoms with Gasteiger partial charge in [-0.1, -0.05) is 0 Å². The summed E-state index contributed by atoms with van der Waals surface area (Å²) >= 11 is 0. The Kier molecular flexibility index (Phi) is 4.58. The number of aryl methyl sites for hydroxylation is 1. The molecule has 3 rings (SSSR count). The molecule has 1 N–H and O–H groups in total. The zero-order chi connectivity index (χ0) is 15.4. The average molecular weight is 302 g/mol. The quantitative estimate of drug-likeness (QED) is 0.912. The second-order valence-electron chi connectivity index (χ2n) is 5.91. The van der Waals surface area contributed by atoms with Gasteiger partial charge < -0.3 is 9.73 Å². The molecule has 0 bridgehead atoms. The van der Waals surface area contributed by atoms with E-state index in [-0.39, 0.29) is 5.91 Å². The van der Waals surface area contributed by atoms with Crippen LogP contribution in [-0.2, 0) is 13.6 Å². The second kappa shape index (κ2) is 6.79. The number of likely N-dealkylation sites (tertiary alicyclic amines) is 1. The number of hydrogen-bond donors (Lipinski definition) is 1. The fourth-order valence-electron chi connectivity index (χ4n) is 2.98. The summed E-state index contributed by atoms with van der Waals surface area (Å²) in [4.78, 5) is 14.4. The average Bonchev–Trinajstić information content (AvgIpc) is 3.18. The topological polar surface area (TPSA) is 63.3 Å². The van der Waals surface area contributed by atoms with Gasteiger partial charge in [0.2, 0.25) is 0 Å². The number of nitrogens with one attached hydrogen (secondary N) is 1. The van der Waals surface area contributed by atoms with Crippen LogP contribution in [-0.4, -0.2) is 40.2 Å². The smallest absolute Gasteiger partial charge is 0.254 e. The maximum absolute atomic E-state index is 11.9. The Hall–Kier alpha value is -2.08. The van der Waals surface area contributed by atoms with Crippen molar-refractivity contribution < 1.29 is 9.21 Å². The predicted molar refractivity (Wildman–Crippen MR) is 82.3 cm³/mol. The summed E-state index contributed by atoms with van der Waals surface area (Å²) in [5, 5.41) is 7.22. The van der Waals surface area contributed by atoms with Crippen molar-refractivity contribution in [1.29, 1.82) is 0 Å². The van der Waals surface area contributed by atoms with Gasteiger partial charge in [0.15, 0.2) is 0 Å². The van der Waals surface area contributed by atoms with Crippen LogP contribution in [0.25, 0.3) is 0 Å². The van der Waals surface area contributed by atoms with Crippen molar-refractivity contribution in [3.8, 4) is 0 Å². The van der Waals surface area contributed by atoms with Crippen LogP contribution in [0.3, 0.4) is 0 Å². The molecule has 1 aliphatic rings. The first-order valence-electron chi connectivity index (χ1n) is 7.72. The number of hydrogen-bond acceptors (Lipinski definition) is 4. The van der Waals surface area contributed by atoms with E-state index in [0.717, 1.165) is 26.1 Å². The maximum atomic E-state index is 11.9. The monoisotopic (exact) mass is 302 g/mol. The highest BCUT2D eigenvalue weighted by Gasteiger charge is 2.21. The first-order chi connectivity index (χ1) is 10.7. The lowest BCUT2D eigenvalue weighted by molar-refractivity contribution is 0.0929. The van der Waals surface area contributed by atoms with Gasteiger partial charge >= 0.3 is 0 Å². The van der Waals surface area contributed by atoms with Crippen LogP contribution < -0.4 is 5.32 Å². The van der Waals surface area contributed by atoms with Crippen LogP contribution in [0.4, 0.5) is 0 Å². The van der Waals surface area contributed by atoms with Crippen LogP contribution in [0, 0.1) is 5.92 Å². The predicted octanol–water partition coefficient (Wildman–Crippen LogP) is 1.66. The number of furan rings is 1. The molecule has 6 heteroatoms. The van der Waals surface area contributed by atoms with Crippen LogP contribution >= 0.6 is 0 Å². The van der Waals surface area contributed by atoms with E-state index in [1.165, 1.54) is 24.6 Å². The minimum atomic E-state index is -0.0579. The van der Waals surface area contributed by atoms with E-state index in [9.17, 15) is 4.79 Å². The molecule has 22 heavy (non-hydrogen) atoms. The summed E-state index contributed by atoms with van der Waals surface area (Å²) in [6.45, 7) is 3.75. The molecule has 2 aromatic heterocycles. The number of piperidine rings is 1. The lowest BCUT2D eigenvalue weighted by atomic mass is 9.97. The Morgan fingerprint density at radius 3 is 3.14 bits per heavy atom. The number of carbonyl (C=O) groups excluding carboxylic acids is 1. The molecule has 0 saturated carbocycles.